The highest BCUT2D eigenvalue weighted by molar-refractivity contribution is 5.98. The minimum atomic E-state index is -0.339. The van der Waals surface area contributed by atoms with E-state index in [-0.39, 0.29) is 17.5 Å². The number of ether oxygens (including phenoxy) is 1. The monoisotopic (exact) mass is 264 g/mol. The van der Waals surface area contributed by atoms with E-state index in [1.165, 1.54) is 13.0 Å². The minimum Gasteiger partial charge on any atom is -0.426 e. The van der Waals surface area contributed by atoms with Crippen molar-refractivity contribution in [1.29, 1.82) is 0 Å². The third kappa shape index (κ3) is 5.09. The van der Waals surface area contributed by atoms with Crippen LogP contribution in [0, 0.1) is 0 Å². The zero-order valence-corrected chi connectivity index (χ0v) is 11.6. The Balaban J connectivity index is 2.66. The molecule has 0 aliphatic heterocycles. The Labute approximate surface area is 113 Å². The standard InChI is InChI=1S/C14H20N2O3/c1-10(17)12-9-11(15)6-7-13(12)19-14(18)5-4-8-16(2)3/h6-7,9H,4-5,8,15H2,1-3H3. The highest BCUT2D eigenvalue weighted by Gasteiger charge is 2.12. The molecule has 0 heterocycles. The lowest BCUT2D eigenvalue weighted by Gasteiger charge is -2.10. The number of Topliss-reactive ketones (excluding diaryl/α,β-unsaturated/α-hetero) is 1. The van der Waals surface area contributed by atoms with Gasteiger partial charge in [-0.05, 0) is 52.2 Å². The smallest absolute Gasteiger partial charge is 0.311 e. The van der Waals surface area contributed by atoms with Crippen LogP contribution < -0.4 is 10.5 Å². The van der Waals surface area contributed by atoms with Gasteiger partial charge in [-0.3, -0.25) is 9.59 Å². The van der Waals surface area contributed by atoms with E-state index < -0.39 is 0 Å². The number of carbonyl (C=O) groups excluding carboxylic acids is 2. The fourth-order valence-electron chi connectivity index (χ4n) is 1.63. The summed E-state index contributed by atoms with van der Waals surface area (Å²) in [5, 5.41) is 0. The molecule has 0 spiro atoms. The lowest BCUT2D eigenvalue weighted by Crippen LogP contribution is -2.16. The van der Waals surface area contributed by atoms with Gasteiger partial charge in [-0.25, -0.2) is 0 Å². The Morgan fingerprint density at radius 3 is 2.58 bits per heavy atom. The Kier molecular flexibility index (Phi) is 5.51. The van der Waals surface area contributed by atoms with Gasteiger partial charge in [0.25, 0.3) is 0 Å². The first kappa shape index (κ1) is 15.2. The van der Waals surface area contributed by atoms with Gasteiger partial charge in [0.15, 0.2) is 5.78 Å². The van der Waals surface area contributed by atoms with Gasteiger partial charge in [0.05, 0.1) is 5.56 Å². The van der Waals surface area contributed by atoms with Crippen molar-refractivity contribution >= 4 is 17.4 Å². The molecule has 0 radical (unpaired) electrons. The highest BCUT2D eigenvalue weighted by atomic mass is 16.5. The van der Waals surface area contributed by atoms with Gasteiger partial charge >= 0.3 is 5.97 Å². The van der Waals surface area contributed by atoms with Crippen LogP contribution in [0.25, 0.3) is 0 Å². The van der Waals surface area contributed by atoms with Gasteiger partial charge < -0.3 is 15.4 Å². The number of nitrogens with two attached hydrogens (primary N) is 1. The summed E-state index contributed by atoms with van der Waals surface area (Å²) in [6, 6.07) is 4.68. The predicted molar refractivity (Wildman–Crippen MR) is 74.3 cm³/mol. The quantitative estimate of drug-likeness (QED) is 0.366. The van der Waals surface area contributed by atoms with Crippen molar-refractivity contribution in [2.75, 3.05) is 26.4 Å². The molecule has 0 bridgehead atoms. The molecule has 1 aromatic carbocycles. The molecule has 0 unspecified atom stereocenters. The SMILES string of the molecule is CC(=O)c1cc(N)ccc1OC(=O)CCCN(C)C. The first-order chi connectivity index (χ1) is 8.90. The maximum absolute atomic E-state index is 11.7. The third-order valence-corrected chi connectivity index (χ3v) is 2.59. The average molecular weight is 264 g/mol. The maximum Gasteiger partial charge on any atom is 0.311 e. The zero-order chi connectivity index (χ0) is 14.4. The molecule has 0 aromatic heterocycles. The molecule has 1 rings (SSSR count). The number of hydrogen-bond donors (Lipinski definition) is 1. The fraction of sp³-hybridized carbons (Fsp3) is 0.429. The Morgan fingerprint density at radius 2 is 2.00 bits per heavy atom. The molecule has 0 fully saturated rings. The van der Waals surface area contributed by atoms with Crippen LogP contribution in [0.2, 0.25) is 0 Å². The van der Waals surface area contributed by atoms with E-state index in [9.17, 15) is 9.59 Å². The summed E-state index contributed by atoms with van der Waals surface area (Å²) >= 11 is 0. The Hall–Kier alpha value is -1.88. The summed E-state index contributed by atoms with van der Waals surface area (Å²) in [6.45, 7) is 2.23. The minimum absolute atomic E-state index is 0.177. The van der Waals surface area contributed by atoms with Crippen LogP contribution >= 0.6 is 0 Å². The van der Waals surface area contributed by atoms with E-state index in [1.807, 2.05) is 19.0 Å². The second-order valence-corrected chi connectivity index (χ2v) is 4.69. The van der Waals surface area contributed by atoms with E-state index in [0.717, 1.165) is 13.0 Å². The van der Waals surface area contributed by atoms with Crippen LogP contribution in [0.4, 0.5) is 5.69 Å². The fourth-order valence-corrected chi connectivity index (χ4v) is 1.63. The number of rotatable bonds is 6. The molecule has 0 atom stereocenters. The molecule has 2 N–H and O–H groups in total. The van der Waals surface area contributed by atoms with E-state index >= 15 is 0 Å². The van der Waals surface area contributed by atoms with E-state index in [2.05, 4.69) is 0 Å². The summed E-state index contributed by atoms with van der Waals surface area (Å²) in [7, 11) is 3.89. The van der Waals surface area contributed by atoms with Crippen molar-refractivity contribution in [3.63, 3.8) is 0 Å². The maximum atomic E-state index is 11.7. The molecule has 0 aliphatic rings. The molecule has 5 nitrogen and oxygen atoms in total. The molecule has 19 heavy (non-hydrogen) atoms. The first-order valence-electron chi connectivity index (χ1n) is 6.16. The number of carbonyl (C=O) groups is 2. The van der Waals surface area contributed by atoms with Crippen molar-refractivity contribution < 1.29 is 14.3 Å². The summed E-state index contributed by atoms with van der Waals surface area (Å²) in [5.74, 6) is -0.242. The van der Waals surface area contributed by atoms with Gasteiger partial charge in [0.1, 0.15) is 5.75 Å². The molecule has 5 heteroatoms. The average Bonchev–Trinajstić information content (AvgIpc) is 2.30. The number of nitrogen functional groups attached to an aromatic ring is 1. The van der Waals surface area contributed by atoms with Gasteiger partial charge in [-0.1, -0.05) is 0 Å². The summed E-state index contributed by atoms with van der Waals surface area (Å²) < 4.78 is 5.21. The summed E-state index contributed by atoms with van der Waals surface area (Å²) in [4.78, 5) is 25.1. The largest absolute Gasteiger partial charge is 0.426 e. The Bertz CT molecular complexity index is 470. The lowest BCUT2D eigenvalue weighted by molar-refractivity contribution is -0.134. The molecule has 0 aliphatic carbocycles. The van der Waals surface area contributed by atoms with Crippen molar-refractivity contribution in [2.45, 2.75) is 19.8 Å². The predicted octanol–water partition coefficient (Wildman–Crippen LogP) is 1.72. The number of benzene rings is 1. The number of ketones is 1. The number of hydrogen-bond acceptors (Lipinski definition) is 5. The second-order valence-electron chi connectivity index (χ2n) is 4.69. The van der Waals surface area contributed by atoms with Crippen LogP contribution in [0.15, 0.2) is 18.2 Å². The molecular formula is C14H20N2O3. The molecule has 0 saturated carbocycles. The third-order valence-electron chi connectivity index (χ3n) is 2.59. The van der Waals surface area contributed by atoms with E-state index in [0.29, 0.717) is 17.7 Å². The topological polar surface area (TPSA) is 72.6 Å². The normalized spacial score (nSPS) is 10.5. The molecule has 1 aromatic rings. The zero-order valence-electron chi connectivity index (χ0n) is 11.6. The molecule has 0 amide bonds. The highest BCUT2D eigenvalue weighted by Crippen LogP contribution is 2.22. The van der Waals surface area contributed by atoms with Crippen molar-refractivity contribution in [1.82, 2.24) is 4.90 Å². The first-order valence-corrected chi connectivity index (χ1v) is 6.16. The number of nitrogens with zero attached hydrogens (tertiary/aromatic N) is 1. The van der Waals surface area contributed by atoms with Crippen molar-refractivity contribution in [3.05, 3.63) is 23.8 Å². The lowest BCUT2D eigenvalue weighted by atomic mass is 10.1. The van der Waals surface area contributed by atoms with Crippen molar-refractivity contribution in [3.8, 4) is 5.75 Å². The molecular weight excluding hydrogens is 244 g/mol. The molecule has 104 valence electrons. The van der Waals surface area contributed by atoms with E-state index in [4.69, 9.17) is 10.5 Å². The summed E-state index contributed by atoms with van der Waals surface area (Å²) in [5.41, 5.74) is 6.42. The van der Waals surface area contributed by atoms with Crippen LogP contribution in [-0.4, -0.2) is 37.3 Å². The van der Waals surface area contributed by atoms with Crippen LogP contribution in [0.3, 0.4) is 0 Å². The summed E-state index contributed by atoms with van der Waals surface area (Å²) in [6.07, 6.45) is 1.04. The van der Waals surface area contributed by atoms with Crippen LogP contribution in [0.5, 0.6) is 5.75 Å². The van der Waals surface area contributed by atoms with E-state index in [1.54, 1.807) is 12.1 Å². The second kappa shape index (κ2) is 6.89. The van der Waals surface area contributed by atoms with Gasteiger partial charge in [0.2, 0.25) is 0 Å². The number of anilines is 1. The van der Waals surface area contributed by atoms with Crippen LogP contribution in [0.1, 0.15) is 30.1 Å². The van der Waals surface area contributed by atoms with Gasteiger partial charge in [-0.2, -0.15) is 0 Å². The molecule has 0 saturated heterocycles. The van der Waals surface area contributed by atoms with Crippen LogP contribution in [-0.2, 0) is 4.79 Å². The van der Waals surface area contributed by atoms with Gasteiger partial charge in [0, 0.05) is 12.1 Å². The number of esters is 1. The Morgan fingerprint density at radius 1 is 1.32 bits per heavy atom. The van der Waals surface area contributed by atoms with Gasteiger partial charge in [-0.15, -0.1) is 0 Å². The van der Waals surface area contributed by atoms with Crippen molar-refractivity contribution in [2.24, 2.45) is 0 Å².